The average molecular weight is 222 g/mol. The molecule has 78 valence electrons. The average Bonchev–Trinajstić information content (AvgIpc) is 2.35. The van der Waals surface area contributed by atoms with Gasteiger partial charge in [-0.05, 0) is 24.3 Å². The molecule has 0 saturated carbocycles. The van der Waals surface area contributed by atoms with Crippen LogP contribution < -0.4 is 0 Å². The monoisotopic (exact) mass is 222 g/mol. The molecular weight excluding hydrogens is 212 g/mol. The number of pyridine rings is 2. The molecule has 0 radical (unpaired) electrons. The smallest absolute Gasteiger partial charge is 0.265 e. The lowest BCUT2D eigenvalue weighted by Gasteiger charge is -1.70. The van der Waals surface area contributed by atoms with Crippen LogP contribution in [0.5, 0.6) is 0 Å². The first-order chi connectivity index (χ1) is 7.41. The fourth-order valence-corrected chi connectivity index (χ4v) is 0.625. The molecule has 0 unspecified atom stereocenters. The molecule has 15 heavy (non-hydrogen) atoms. The summed E-state index contributed by atoms with van der Waals surface area (Å²) in [5.74, 6) is 0. The minimum absolute atomic E-state index is 0.750. The Morgan fingerprint density at radius 3 is 0.933 bits per heavy atom. The zero-order chi connectivity index (χ0) is 11.2. The van der Waals surface area contributed by atoms with E-state index in [1.807, 2.05) is 36.4 Å². The van der Waals surface area contributed by atoms with Crippen molar-refractivity contribution in [2.24, 2.45) is 0 Å². The Morgan fingerprint density at radius 1 is 0.600 bits per heavy atom. The van der Waals surface area contributed by atoms with E-state index in [4.69, 9.17) is 8.42 Å². The fraction of sp³-hybridized carbons (Fsp3) is 0. The van der Waals surface area contributed by atoms with Gasteiger partial charge in [0.05, 0.1) is 0 Å². The molecule has 0 N–H and O–H groups in total. The van der Waals surface area contributed by atoms with Crippen molar-refractivity contribution in [3.05, 3.63) is 61.2 Å². The zero-order valence-electron chi connectivity index (χ0n) is 7.89. The molecular formula is C10H10N2O2S. The summed E-state index contributed by atoms with van der Waals surface area (Å²) >= 11 is -0.750. The quantitative estimate of drug-likeness (QED) is 0.677. The number of aromatic nitrogens is 2. The predicted molar refractivity (Wildman–Crippen MR) is 57.4 cm³/mol. The Kier molecular flexibility index (Phi) is 10.6. The van der Waals surface area contributed by atoms with Crippen molar-refractivity contribution in [3.63, 3.8) is 0 Å². The maximum Gasteiger partial charge on any atom is 0.335 e. The highest BCUT2D eigenvalue weighted by Gasteiger charge is 1.59. The van der Waals surface area contributed by atoms with Gasteiger partial charge in [-0.3, -0.25) is 9.97 Å². The van der Waals surface area contributed by atoms with Crippen LogP contribution in [0.1, 0.15) is 0 Å². The van der Waals surface area contributed by atoms with Gasteiger partial charge in [-0.25, -0.2) is 0 Å². The van der Waals surface area contributed by atoms with Crippen LogP contribution >= 0.6 is 0 Å². The molecule has 4 nitrogen and oxygen atoms in total. The Labute approximate surface area is 91.6 Å². The SMILES string of the molecule is O=S=O.c1ccncc1.c1ccncc1. The molecule has 0 saturated heterocycles. The van der Waals surface area contributed by atoms with Gasteiger partial charge in [0.15, 0.2) is 0 Å². The van der Waals surface area contributed by atoms with Gasteiger partial charge in [0.2, 0.25) is 0 Å². The second kappa shape index (κ2) is 12.1. The van der Waals surface area contributed by atoms with Gasteiger partial charge in [0.1, 0.15) is 0 Å². The van der Waals surface area contributed by atoms with Crippen molar-refractivity contribution in [2.45, 2.75) is 0 Å². The normalized spacial score (nSPS) is 7.20. The Balaban J connectivity index is 0.000000210. The lowest BCUT2D eigenvalue weighted by Crippen LogP contribution is -1.58. The van der Waals surface area contributed by atoms with E-state index in [2.05, 4.69) is 9.97 Å². The van der Waals surface area contributed by atoms with E-state index in [1.165, 1.54) is 0 Å². The zero-order valence-corrected chi connectivity index (χ0v) is 8.71. The highest BCUT2D eigenvalue weighted by molar-refractivity contribution is 7.51. The molecule has 2 heterocycles. The molecule has 2 aromatic heterocycles. The minimum atomic E-state index is -0.750. The van der Waals surface area contributed by atoms with Crippen LogP contribution in [-0.2, 0) is 11.6 Å². The Morgan fingerprint density at radius 2 is 0.867 bits per heavy atom. The van der Waals surface area contributed by atoms with Gasteiger partial charge in [-0.15, -0.1) is 0 Å². The van der Waals surface area contributed by atoms with Gasteiger partial charge < -0.3 is 0 Å². The minimum Gasteiger partial charge on any atom is -0.265 e. The summed E-state index contributed by atoms with van der Waals surface area (Å²) in [5.41, 5.74) is 0. The Hall–Kier alpha value is -1.88. The van der Waals surface area contributed by atoms with Crippen LogP contribution in [0.2, 0.25) is 0 Å². The largest absolute Gasteiger partial charge is 0.335 e. The van der Waals surface area contributed by atoms with E-state index in [0.717, 1.165) is 0 Å². The van der Waals surface area contributed by atoms with Crippen LogP contribution in [0.3, 0.4) is 0 Å². The first-order valence-corrected chi connectivity index (χ1v) is 4.70. The Bertz CT molecular complexity index is 265. The second-order valence-corrected chi connectivity index (χ2v) is 2.25. The van der Waals surface area contributed by atoms with Crippen molar-refractivity contribution in [2.75, 3.05) is 0 Å². The predicted octanol–water partition coefficient (Wildman–Crippen LogP) is 1.49. The van der Waals surface area contributed by atoms with Crippen LogP contribution in [0.25, 0.3) is 0 Å². The van der Waals surface area contributed by atoms with Gasteiger partial charge in [0.25, 0.3) is 0 Å². The summed E-state index contributed by atoms with van der Waals surface area (Å²) in [6.45, 7) is 0. The van der Waals surface area contributed by atoms with Gasteiger partial charge in [-0.2, -0.15) is 8.42 Å². The molecule has 0 aromatic carbocycles. The van der Waals surface area contributed by atoms with Crippen molar-refractivity contribution < 1.29 is 8.42 Å². The van der Waals surface area contributed by atoms with Crippen LogP contribution in [-0.4, -0.2) is 18.4 Å². The molecule has 0 atom stereocenters. The van der Waals surface area contributed by atoms with Crippen LogP contribution in [0, 0.1) is 0 Å². The number of hydrogen-bond acceptors (Lipinski definition) is 4. The van der Waals surface area contributed by atoms with Crippen LogP contribution in [0.15, 0.2) is 61.2 Å². The first-order valence-electron chi connectivity index (χ1n) is 4.03. The summed E-state index contributed by atoms with van der Waals surface area (Å²) < 4.78 is 16.6. The molecule has 0 fully saturated rings. The van der Waals surface area contributed by atoms with Crippen molar-refractivity contribution in [3.8, 4) is 0 Å². The van der Waals surface area contributed by atoms with Gasteiger partial charge >= 0.3 is 11.6 Å². The lowest BCUT2D eigenvalue weighted by molar-refractivity contribution is 0.630. The van der Waals surface area contributed by atoms with Gasteiger partial charge in [-0.1, -0.05) is 12.1 Å². The molecule has 2 aromatic rings. The third-order valence-electron chi connectivity index (χ3n) is 1.13. The fourth-order valence-electron chi connectivity index (χ4n) is 0.625. The molecule has 0 spiro atoms. The van der Waals surface area contributed by atoms with E-state index in [9.17, 15) is 0 Å². The summed E-state index contributed by atoms with van der Waals surface area (Å²) in [7, 11) is 0. The maximum absolute atomic E-state index is 8.29. The van der Waals surface area contributed by atoms with Crippen LogP contribution in [0.4, 0.5) is 0 Å². The molecule has 2 rings (SSSR count). The third kappa shape index (κ3) is 12.1. The maximum atomic E-state index is 8.29. The van der Waals surface area contributed by atoms with Crippen molar-refractivity contribution in [1.29, 1.82) is 0 Å². The van der Waals surface area contributed by atoms with Crippen molar-refractivity contribution in [1.82, 2.24) is 9.97 Å². The summed E-state index contributed by atoms with van der Waals surface area (Å²) in [5, 5.41) is 0. The van der Waals surface area contributed by atoms with E-state index < -0.39 is 11.6 Å². The topological polar surface area (TPSA) is 59.9 Å². The van der Waals surface area contributed by atoms with E-state index in [0.29, 0.717) is 0 Å². The molecule has 0 amide bonds. The molecule has 0 aliphatic carbocycles. The standard InChI is InChI=1S/2C5H5N.O2S/c2*1-2-4-6-5-3-1;1-3-2/h2*1-5H;. The summed E-state index contributed by atoms with van der Waals surface area (Å²) in [6, 6.07) is 11.4. The molecule has 5 heteroatoms. The number of nitrogens with zero attached hydrogens (tertiary/aromatic N) is 2. The first kappa shape index (κ1) is 13.1. The second-order valence-electron chi connectivity index (χ2n) is 2.12. The highest BCUT2D eigenvalue weighted by atomic mass is 32.1. The summed E-state index contributed by atoms with van der Waals surface area (Å²) in [4.78, 5) is 7.57. The van der Waals surface area contributed by atoms with E-state index in [1.54, 1.807) is 24.8 Å². The van der Waals surface area contributed by atoms with E-state index in [-0.39, 0.29) is 0 Å². The molecule has 0 aliphatic heterocycles. The van der Waals surface area contributed by atoms with Crippen molar-refractivity contribution >= 4 is 11.6 Å². The highest BCUT2D eigenvalue weighted by Crippen LogP contribution is 1.74. The summed E-state index contributed by atoms with van der Waals surface area (Å²) in [6.07, 6.45) is 7.00. The number of hydrogen-bond donors (Lipinski definition) is 0. The molecule has 0 aliphatic rings. The van der Waals surface area contributed by atoms with E-state index >= 15 is 0 Å². The lowest BCUT2D eigenvalue weighted by atomic mass is 10.5. The number of rotatable bonds is 0. The van der Waals surface area contributed by atoms with Gasteiger partial charge in [0, 0.05) is 24.8 Å². The third-order valence-corrected chi connectivity index (χ3v) is 1.13. The molecule has 0 bridgehead atoms.